The molecular weight excluding hydrogens is 182 g/mol. The van der Waals surface area contributed by atoms with Crippen molar-refractivity contribution < 1.29 is 13.9 Å². The molecule has 1 aromatic heterocycles. The Hall–Kier alpha value is -1.29. The van der Waals surface area contributed by atoms with Crippen molar-refractivity contribution in [3.05, 3.63) is 23.7 Å². The topological polar surface area (TPSA) is 51.5 Å². The first-order valence-electron chi connectivity index (χ1n) is 4.49. The van der Waals surface area contributed by atoms with Gasteiger partial charge < -0.3 is 14.5 Å². The van der Waals surface area contributed by atoms with Gasteiger partial charge in [0, 0.05) is 13.2 Å². The first-order valence-corrected chi connectivity index (χ1v) is 4.49. The van der Waals surface area contributed by atoms with E-state index in [1.165, 1.54) is 6.26 Å². The number of furan rings is 1. The van der Waals surface area contributed by atoms with Crippen LogP contribution in [0.15, 0.2) is 16.7 Å². The molecule has 0 aliphatic rings. The van der Waals surface area contributed by atoms with Crippen LogP contribution in [0.3, 0.4) is 0 Å². The first-order chi connectivity index (χ1) is 6.65. The van der Waals surface area contributed by atoms with Gasteiger partial charge in [0.25, 0.3) is 5.91 Å². The average Bonchev–Trinajstić information content (AvgIpc) is 2.51. The van der Waals surface area contributed by atoms with Crippen molar-refractivity contribution in [2.24, 2.45) is 0 Å². The molecule has 1 amide bonds. The summed E-state index contributed by atoms with van der Waals surface area (Å²) in [6.07, 6.45) is 1.51. The molecule has 4 heteroatoms. The van der Waals surface area contributed by atoms with Crippen LogP contribution in [0.2, 0.25) is 0 Å². The Labute approximate surface area is 83.2 Å². The molecule has 1 rings (SSSR count). The number of carbonyl (C=O) groups is 1. The van der Waals surface area contributed by atoms with Crippen molar-refractivity contribution in [1.82, 2.24) is 5.32 Å². The molecule has 0 unspecified atom stereocenters. The van der Waals surface area contributed by atoms with Crippen LogP contribution in [0, 0.1) is 6.92 Å². The monoisotopic (exact) mass is 197 g/mol. The van der Waals surface area contributed by atoms with Crippen LogP contribution in [0.5, 0.6) is 0 Å². The second kappa shape index (κ2) is 4.81. The third-order valence-corrected chi connectivity index (χ3v) is 1.90. The minimum Gasteiger partial charge on any atom is -0.469 e. The van der Waals surface area contributed by atoms with Crippen LogP contribution in [0.4, 0.5) is 0 Å². The summed E-state index contributed by atoms with van der Waals surface area (Å²) in [5.41, 5.74) is 0.577. The van der Waals surface area contributed by atoms with Crippen LogP contribution < -0.4 is 5.32 Å². The van der Waals surface area contributed by atoms with Crippen molar-refractivity contribution in [2.75, 3.05) is 13.7 Å². The van der Waals surface area contributed by atoms with Gasteiger partial charge in [-0.2, -0.15) is 0 Å². The molecule has 4 nitrogen and oxygen atoms in total. The maximum absolute atomic E-state index is 11.6. The Bertz CT molecular complexity index is 306. The third-order valence-electron chi connectivity index (χ3n) is 1.90. The summed E-state index contributed by atoms with van der Waals surface area (Å²) < 4.78 is 9.95. The van der Waals surface area contributed by atoms with Crippen LogP contribution in [-0.2, 0) is 4.74 Å². The van der Waals surface area contributed by atoms with Crippen molar-refractivity contribution >= 4 is 5.91 Å². The minimum absolute atomic E-state index is 0.00167. The molecule has 0 aromatic carbocycles. The molecule has 0 aliphatic heterocycles. The fourth-order valence-electron chi connectivity index (χ4n) is 1.21. The van der Waals surface area contributed by atoms with Crippen molar-refractivity contribution in [3.63, 3.8) is 0 Å². The second-order valence-corrected chi connectivity index (χ2v) is 3.22. The fraction of sp³-hybridized carbons (Fsp3) is 0.500. The van der Waals surface area contributed by atoms with E-state index in [4.69, 9.17) is 9.15 Å². The largest absolute Gasteiger partial charge is 0.469 e. The molecule has 0 fully saturated rings. The second-order valence-electron chi connectivity index (χ2n) is 3.22. The van der Waals surface area contributed by atoms with Gasteiger partial charge in [-0.15, -0.1) is 0 Å². The number of methoxy groups -OCH3 is 1. The van der Waals surface area contributed by atoms with Crippen molar-refractivity contribution in [2.45, 2.75) is 19.9 Å². The van der Waals surface area contributed by atoms with Crippen molar-refractivity contribution in [3.8, 4) is 0 Å². The highest BCUT2D eigenvalue weighted by atomic mass is 16.5. The zero-order chi connectivity index (χ0) is 10.6. The maximum Gasteiger partial charge on any atom is 0.255 e. The van der Waals surface area contributed by atoms with Crippen LogP contribution in [-0.4, -0.2) is 25.7 Å². The van der Waals surface area contributed by atoms with E-state index in [9.17, 15) is 4.79 Å². The lowest BCUT2D eigenvalue weighted by atomic mass is 10.2. The van der Waals surface area contributed by atoms with E-state index in [2.05, 4.69) is 5.32 Å². The fourth-order valence-corrected chi connectivity index (χ4v) is 1.21. The molecular formula is C10H15NO3. The summed E-state index contributed by atoms with van der Waals surface area (Å²) in [6, 6.07) is 1.66. The molecule has 1 atom stereocenters. The molecule has 0 aliphatic carbocycles. The van der Waals surface area contributed by atoms with Crippen molar-refractivity contribution in [1.29, 1.82) is 0 Å². The highest BCUT2D eigenvalue weighted by molar-refractivity contribution is 5.95. The molecule has 0 saturated heterocycles. The Morgan fingerprint density at radius 3 is 2.93 bits per heavy atom. The Balaban J connectivity index is 2.55. The standard InChI is InChI=1S/C10H15NO3/c1-7(6-13-3)11-10(12)9-4-5-14-8(9)2/h4-5,7H,6H2,1-3H3,(H,11,12)/t7-/m0/s1. The summed E-state index contributed by atoms with van der Waals surface area (Å²) in [6.45, 7) is 4.15. The third kappa shape index (κ3) is 2.60. The van der Waals surface area contributed by atoms with Gasteiger partial charge in [0.1, 0.15) is 5.76 Å². The number of hydrogen-bond donors (Lipinski definition) is 1. The van der Waals surface area contributed by atoms with E-state index in [1.807, 2.05) is 6.92 Å². The summed E-state index contributed by atoms with van der Waals surface area (Å²) in [7, 11) is 1.60. The average molecular weight is 197 g/mol. The number of hydrogen-bond acceptors (Lipinski definition) is 3. The lowest BCUT2D eigenvalue weighted by Crippen LogP contribution is -2.35. The van der Waals surface area contributed by atoms with Crippen LogP contribution in [0.25, 0.3) is 0 Å². The zero-order valence-corrected chi connectivity index (χ0v) is 8.66. The number of ether oxygens (including phenoxy) is 1. The zero-order valence-electron chi connectivity index (χ0n) is 8.66. The first kappa shape index (κ1) is 10.8. The van der Waals surface area contributed by atoms with Gasteiger partial charge in [-0.3, -0.25) is 4.79 Å². The number of carbonyl (C=O) groups excluding carboxylic acids is 1. The molecule has 1 aromatic rings. The molecule has 0 bridgehead atoms. The van der Waals surface area contributed by atoms with Gasteiger partial charge in [0.2, 0.25) is 0 Å². The predicted molar refractivity (Wildman–Crippen MR) is 52.2 cm³/mol. The molecule has 0 saturated carbocycles. The number of amides is 1. The molecule has 1 N–H and O–H groups in total. The highest BCUT2D eigenvalue weighted by Crippen LogP contribution is 2.08. The van der Waals surface area contributed by atoms with E-state index in [1.54, 1.807) is 20.1 Å². The Morgan fingerprint density at radius 2 is 2.43 bits per heavy atom. The molecule has 0 spiro atoms. The van der Waals surface area contributed by atoms with Gasteiger partial charge in [0.15, 0.2) is 0 Å². The summed E-state index contributed by atoms with van der Waals surface area (Å²) in [5, 5.41) is 2.80. The summed E-state index contributed by atoms with van der Waals surface area (Å²) in [4.78, 5) is 11.6. The lowest BCUT2D eigenvalue weighted by Gasteiger charge is -2.11. The Kier molecular flexibility index (Phi) is 3.71. The van der Waals surface area contributed by atoms with Gasteiger partial charge in [-0.1, -0.05) is 0 Å². The SMILES string of the molecule is COC[C@H](C)NC(=O)c1ccoc1C. The van der Waals surface area contributed by atoms with E-state index in [-0.39, 0.29) is 11.9 Å². The molecule has 0 radical (unpaired) electrons. The Morgan fingerprint density at radius 1 is 1.71 bits per heavy atom. The normalized spacial score (nSPS) is 12.5. The van der Waals surface area contributed by atoms with E-state index < -0.39 is 0 Å². The highest BCUT2D eigenvalue weighted by Gasteiger charge is 2.13. The lowest BCUT2D eigenvalue weighted by molar-refractivity contribution is 0.0904. The van der Waals surface area contributed by atoms with Gasteiger partial charge >= 0.3 is 0 Å². The summed E-state index contributed by atoms with van der Waals surface area (Å²) in [5.74, 6) is 0.507. The van der Waals surface area contributed by atoms with E-state index >= 15 is 0 Å². The number of nitrogens with one attached hydrogen (secondary N) is 1. The molecule has 14 heavy (non-hydrogen) atoms. The smallest absolute Gasteiger partial charge is 0.255 e. The van der Waals surface area contributed by atoms with E-state index in [0.29, 0.717) is 17.9 Å². The van der Waals surface area contributed by atoms with Crippen LogP contribution >= 0.6 is 0 Å². The van der Waals surface area contributed by atoms with Gasteiger partial charge in [-0.05, 0) is 19.9 Å². The van der Waals surface area contributed by atoms with Crippen LogP contribution in [0.1, 0.15) is 23.0 Å². The molecule has 78 valence electrons. The molecule has 1 heterocycles. The predicted octanol–water partition coefficient (Wildman–Crippen LogP) is 1.35. The van der Waals surface area contributed by atoms with E-state index in [0.717, 1.165) is 0 Å². The minimum atomic E-state index is -0.124. The summed E-state index contributed by atoms with van der Waals surface area (Å²) >= 11 is 0. The maximum atomic E-state index is 11.6. The number of aryl methyl sites for hydroxylation is 1. The quantitative estimate of drug-likeness (QED) is 0.792. The number of rotatable bonds is 4. The van der Waals surface area contributed by atoms with Gasteiger partial charge in [0.05, 0.1) is 18.4 Å². The van der Waals surface area contributed by atoms with Gasteiger partial charge in [-0.25, -0.2) is 0 Å².